The second-order valence-corrected chi connectivity index (χ2v) is 6.10. The van der Waals surface area contributed by atoms with Gasteiger partial charge >= 0.3 is 12.1 Å². The number of carbonyl (C=O) groups excluding carboxylic acids is 2. The van der Waals surface area contributed by atoms with Crippen LogP contribution in [0, 0.1) is 0 Å². The third kappa shape index (κ3) is 28.9. The predicted molar refractivity (Wildman–Crippen MR) is 128 cm³/mol. The van der Waals surface area contributed by atoms with Crippen LogP contribution in [-0.2, 0) is 18.9 Å². The van der Waals surface area contributed by atoms with E-state index in [2.05, 4.69) is 21.3 Å². The first kappa shape index (κ1) is 35.5. The molecule has 0 aliphatic heterocycles. The number of urea groups is 2. The molecule has 0 aliphatic rings. The van der Waals surface area contributed by atoms with Crippen molar-refractivity contribution in [2.24, 2.45) is 11.5 Å². The van der Waals surface area contributed by atoms with E-state index < -0.39 is 0 Å². The molecule has 32 heavy (non-hydrogen) atoms. The molecule has 0 radical (unpaired) electrons. The van der Waals surface area contributed by atoms with Crippen LogP contribution >= 0.6 is 24.8 Å². The fourth-order valence-electron chi connectivity index (χ4n) is 2.06. The standard InChI is InChI=1S/C18H40N6O6.2ClH/c19-3-9-27-13-15-29-11-7-23-17(25)21-5-1-2-6-22-18(26)24-8-12-30-16-14-28-10-4-20;;/h1-16,19-20H2,(H2,21,23,25)(H2,22,24,26);2*1H. The Labute approximate surface area is 203 Å². The SMILES string of the molecule is Cl.Cl.NCCOCCOCCNC(=O)NCCCCNC(=O)NCCOCCOCCN. The molecule has 0 spiro atoms. The van der Waals surface area contributed by atoms with Crippen molar-refractivity contribution >= 4 is 36.9 Å². The van der Waals surface area contributed by atoms with Crippen molar-refractivity contribution in [1.29, 1.82) is 0 Å². The second kappa shape index (κ2) is 29.9. The van der Waals surface area contributed by atoms with Crippen molar-refractivity contribution in [3.8, 4) is 0 Å². The lowest BCUT2D eigenvalue weighted by molar-refractivity contribution is 0.0524. The Morgan fingerprint density at radius 3 is 1.16 bits per heavy atom. The molecule has 0 saturated heterocycles. The third-order valence-electron chi connectivity index (χ3n) is 3.51. The van der Waals surface area contributed by atoms with Crippen molar-refractivity contribution in [2.45, 2.75) is 12.8 Å². The smallest absolute Gasteiger partial charge is 0.314 e. The van der Waals surface area contributed by atoms with Crippen molar-refractivity contribution in [1.82, 2.24) is 21.3 Å². The normalized spacial score (nSPS) is 9.94. The zero-order valence-corrected chi connectivity index (χ0v) is 20.4. The zero-order chi connectivity index (χ0) is 22.1. The van der Waals surface area contributed by atoms with Crippen LogP contribution in [0.3, 0.4) is 0 Å². The van der Waals surface area contributed by atoms with Crippen LogP contribution in [0.2, 0.25) is 0 Å². The molecule has 0 unspecified atom stereocenters. The van der Waals surface area contributed by atoms with Gasteiger partial charge in [0, 0.05) is 39.3 Å². The maximum Gasteiger partial charge on any atom is 0.314 e. The first-order valence-electron chi connectivity index (χ1n) is 10.4. The second-order valence-electron chi connectivity index (χ2n) is 6.10. The van der Waals surface area contributed by atoms with Gasteiger partial charge in [0.2, 0.25) is 0 Å². The van der Waals surface area contributed by atoms with Crippen LogP contribution in [0.5, 0.6) is 0 Å². The van der Waals surface area contributed by atoms with E-state index in [1.54, 1.807) is 0 Å². The molecular formula is C18H42Cl2N6O6. The summed E-state index contributed by atoms with van der Waals surface area (Å²) >= 11 is 0. The van der Waals surface area contributed by atoms with Crippen molar-refractivity contribution in [2.75, 3.05) is 92.1 Å². The number of unbranched alkanes of at least 4 members (excludes halogenated alkanes) is 1. The Kier molecular flexibility index (Phi) is 33.1. The summed E-state index contributed by atoms with van der Waals surface area (Å²) in [7, 11) is 0. The minimum Gasteiger partial charge on any atom is -0.378 e. The number of amides is 4. The minimum atomic E-state index is -0.239. The van der Waals surface area contributed by atoms with E-state index >= 15 is 0 Å². The molecule has 0 aromatic rings. The number of nitrogens with two attached hydrogens (primary N) is 2. The molecule has 0 aromatic carbocycles. The van der Waals surface area contributed by atoms with Crippen molar-refractivity contribution < 1.29 is 28.5 Å². The lowest BCUT2D eigenvalue weighted by Gasteiger charge is -2.10. The molecule has 0 aromatic heterocycles. The average molecular weight is 509 g/mol. The Morgan fingerprint density at radius 1 is 0.500 bits per heavy atom. The van der Waals surface area contributed by atoms with E-state index in [9.17, 15) is 9.59 Å². The molecule has 194 valence electrons. The predicted octanol–water partition coefficient (Wildman–Crippen LogP) is -0.808. The lowest BCUT2D eigenvalue weighted by Crippen LogP contribution is -2.39. The largest absolute Gasteiger partial charge is 0.378 e. The van der Waals surface area contributed by atoms with Crippen LogP contribution < -0.4 is 32.7 Å². The van der Waals surface area contributed by atoms with E-state index in [4.69, 9.17) is 30.4 Å². The Hall–Kier alpha value is -1.12. The molecule has 0 atom stereocenters. The highest BCUT2D eigenvalue weighted by Gasteiger charge is 2.01. The summed E-state index contributed by atoms with van der Waals surface area (Å²) < 4.78 is 20.9. The van der Waals surface area contributed by atoms with Crippen molar-refractivity contribution in [3.05, 3.63) is 0 Å². The van der Waals surface area contributed by atoms with Gasteiger partial charge in [0.1, 0.15) is 0 Å². The Bertz CT molecular complexity index is 380. The number of hydrogen-bond donors (Lipinski definition) is 6. The van der Waals surface area contributed by atoms with Gasteiger partial charge in [-0.25, -0.2) is 9.59 Å². The summed E-state index contributed by atoms with van der Waals surface area (Å²) in [6.45, 7) is 6.72. The number of rotatable bonds is 21. The summed E-state index contributed by atoms with van der Waals surface area (Å²) in [4.78, 5) is 23.2. The minimum absolute atomic E-state index is 0. The van der Waals surface area contributed by atoms with Gasteiger partial charge in [-0.3, -0.25) is 0 Å². The summed E-state index contributed by atoms with van der Waals surface area (Å²) in [5.41, 5.74) is 10.6. The highest BCUT2D eigenvalue weighted by atomic mass is 35.5. The van der Waals surface area contributed by atoms with E-state index in [-0.39, 0.29) is 36.9 Å². The Balaban J connectivity index is -0.00000420. The van der Waals surface area contributed by atoms with Crippen molar-refractivity contribution in [3.63, 3.8) is 0 Å². The van der Waals surface area contributed by atoms with Gasteiger partial charge in [-0.1, -0.05) is 0 Å². The molecule has 8 N–H and O–H groups in total. The molecule has 0 rings (SSSR count). The van der Waals surface area contributed by atoms with Crippen LogP contribution in [0.1, 0.15) is 12.8 Å². The molecular weight excluding hydrogens is 467 g/mol. The fourth-order valence-corrected chi connectivity index (χ4v) is 2.06. The number of halogens is 2. The molecule has 0 bridgehead atoms. The molecule has 0 fully saturated rings. The fraction of sp³-hybridized carbons (Fsp3) is 0.889. The topological polar surface area (TPSA) is 171 Å². The van der Waals surface area contributed by atoms with E-state index in [0.717, 1.165) is 12.8 Å². The van der Waals surface area contributed by atoms with Gasteiger partial charge in [0.15, 0.2) is 0 Å². The molecule has 14 heteroatoms. The first-order chi connectivity index (χ1) is 14.7. The zero-order valence-electron chi connectivity index (χ0n) is 18.7. The van der Waals surface area contributed by atoms with E-state index in [1.165, 1.54) is 0 Å². The van der Waals surface area contributed by atoms with E-state index in [1.807, 2.05) is 0 Å². The van der Waals surface area contributed by atoms with Gasteiger partial charge < -0.3 is 51.7 Å². The Morgan fingerprint density at radius 2 is 0.812 bits per heavy atom. The lowest BCUT2D eigenvalue weighted by atomic mass is 10.3. The molecule has 0 aliphatic carbocycles. The highest BCUT2D eigenvalue weighted by Crippen LogP contribution is 1.85. The monoisotopic (exact) mass is 508 g/mol. The van der Waals surface area contributed by atoms with Crippen LogP contribution in [-0.4, -0.2) is 104 Å². The molecule has 4 amide bonds. The number of carbonyl (C=O) groups is 2. The van der Waals surface area contributed by atoms with Crippen LogP contribution in [0.25, 0.3) is 0 Å². The van der Waals surface area contributed by atoms with Gasteiger partial charge in [0.05, 0.1) is 52.9 Å². The highest BCUT2D eigenvalue weighted by molar-refractivity contribution is 5.85. The van der Waals surface area contributed by atoms with Gasteiger partial charge in [-0.15, -0.1) is 24.8 Å². The molecule has 0 heterocycles. The molecule has 12 nitrogen and oxygen atoms in total. The van der Waals surface area contributed by atoms with E-state index in [0.29, 0.717) is 92.1 Å². The summed E-state index contributed by atoms with van der Waals surface area (Å²) in [6, 6.07) is -0.478. The quantitative estimate of drug-likeness (QED) is 0.109. The third-order valence-corrected chi connectivity index (χ3v) is 3.51. The maximum absolute atomic E-state index is 11.6. The average Bonchev–Trinajstić information content (AvgIpc) is 2.74. The van der Waals surface area contributed by atoms with Crippen LogP contribution in [0.4, 0.5) is 9.59 Å². The maximum atomic E-state index is 11.6. The van der Waals surface area contributed by atoms with Gasteiger partial charge in [0.25, 0.3) is 0 Å². The van der Waals surface area contributed by atoms with Crippen LogP contribution in [0.15, 0.2) is 0 Å². The first-order valence-corrected chi connectivity index (χ1v) is 10.4. The number of nitrogens with one attached hydrogen (secondary N) is 4. The number of hydrogen-bond acceptors (Lipinski definition) is 8. The van der Waals surface area contributed by atoms with Gasteiger partial charge in [-0.05, 0) is 12.8 Å². The number of ether oxygens (including phenoxy) is 4. The molecule has 0 saturated carbocycles. The summed E-state index contributed by atoms with van der Waals surface area (Å²) in [6.07, 6.45) is 1.52. The van der Waals surface area contributed by atoms with Gasteiger partial charge in [-0.2, -0.15) is 0 Å². The summed E-state index contributed by atoms with van der Waals surface area (Å²) in [5, 5.41) is 10.9. The summed E-state index contributed by atoms with van der Waals surface area (Å²) in [5.74, 6) is 0.